The Morgan fingerprint density at radius 2 is 2.03 bits per heavy atom. The van der Waals surface area contributed by atoms with Crippen LogP contribution >= 0.6 is 0 Å². The summed E-state index contributed by atoms with van der Waals surface area (Å²) in [6.45, 7) is 6.80. The highest BCUT2D eigenvalue weighted by atomic mass is 16.2. The summed E-state index contributed by atoms with van der Waals surface area (Å²) in [5.41, 5.74) is 1.89. The van der Waals surface area contributed by atoms with Gasteiger partial charge < -0.3 is 14.7 Å². The first kappa shape index (κ1) is 23.4. The smallest absolute Gasteiger partial charge is 0.276 e. The number of nitrogens with zero attached hydrogens (tertiary/aromatic N) is 6. The molecule has 3 aliphatic rings. The molecule has 2 saturated heterocycles. The Morgan fingerprint density at radius 3 is 2.78 bits per heavy atom. The lowest BCUT2D eigenvalue weighted by Gasteiger charge is -2.38. The maximum Gasteiger partial charge on any atom is 0.276 e. The molecular formula is C24H25N7O5. The third-order valence-electron chi connectivity index (χ3n) is 6.84. The molecule has 0 aliphatic carbocycles. The van der Waals surface area contributed by atoms with E-state index in [1.54, 1.807) is 36.1 Å². The Bertz CT molecular complexity index is 1300. The predicted molar refractivity (Wildman–Crippen MR) is 125 cm³/mol. The lowest BCUT2D eigenvalue weighted by atomic mass is 10.0. The molecule has 2 atom stereocenters. The molecule has 12 nitrogen and oxygen atoms in total. The van der Waals surface area contributed by atoms with Crippen LogP contribution in [-0.4, -0.2) is 90.9 Å². The molecular weight excluding hydrogens is 466 g/mol. The SMILES string of the molecule is C=CCN1CCN(C(=O)c2cn(-c3ccc4c(c3)CN(C3CCC(=O)NC3=O)C4=O)nn2)C(C)C1=O. The summed E-state index contributed by atoms with van der Waals surface area (Å²) in [7, 11) is 0. The second kappa shape index (κ2) is 9.02. The highest BCUT2D eigenvalue weighted by Gasteiger charge is 2.39. The molecule has 5 rings (SSSR count). The summed E-state index contributed by atoms with van der Waals surface area (Å²) in [5.74, 6) is -1.61. The van der Waals surface area contributed by atoms with Crippen LogP contribution in [0.15, 0.2) is 37.1 Å². The first-order valence-corrected chi connectivity index (χ1v) is 11.7. The van der Waals surface area contributed by atoms with E-state index in [2.05, 4.69) is 22.2 Å². The lowest BCUT2D eigenvalue weighted by molar-refractivity contribution is -0.139. The van der Waals surface area contributed by atoms with Gasteiger partial charge in [-0.3, -0.25) is 29.3 Å². The molecule has 0 radical (unpaired) electrons. The number of carbonyl (C=O) groups is 5. The molecule has 1 aromatic heterocycles. The van der Waals surface area contributed by atoms with Crippen molar-refractivity contribution in [3.8, 4) is 5.69 Å². The zero-order valence-electron chi connectivity index (χ0n) is 19.7. The summed E-state index contributed by atoms with van der Waals surface area (Å²) in [5, 5.41) is 10.4. The highest BCUT2D eigenvalue weighted by Crippen LogP contribution is 2.29. The Balaban J connectivity index is 1.32. The minimum atomic E-state index is -0.696. The van der Waals surface area contributed by atoms with Crippen molar-refractivity contribution in [2.24, 2.45) is 0 Å². The maximum atomic E-state index is 13.1. The molecule has 2 aromatic rings. The van der Waals surface area contributed by atoms with Gasteiger partial charge in [0, 0.05) is 38.2 Å². The lowest BCUT2D eigenvalue weighted by Crippen LogP contribution is -2.57. The highest BCUT2D eigenvalue weighted by molar-refractivity contribution is 6.05. The number of piperidine rings is 1. The topological polar surface area (TPSA) is 138 Å². The van der Waals surface area contributed by atoms with Crippen molar-refractivity contribution in [1.29, 1.82) is 0 Å². The van der Waals surface area contributed by atoms with Crippen molar-refractivity contribution in [2.75, 3.05) is 19.6 Å². The fourth-order valence-corrected chi connectivity index (χ4v) is 4.88. The van der Waals surface area contributed by atoms with Crippen LogP contribution in [0.4, 0.5) is 0 Å². The van der Waals surface area contributed by atoms with E-state index < -0.39 is 18.0 Å². The molecule has 36 heavy (non-hydrogen) atoms. The second-order valence-corrected chi connectivity index (χ2v) is 9.04. The van der Waals surface area contributed by atoms with Gasteiger partial charge in [-0.15, -0.1) is 11.7 Å². The maximum absolute atomic E-state index is 13.1. The number of hydrogen-bond acceptors (Lipinski definition) is 7. The monoisotopic (exact) mass is 491 g/mol. The van der Waals surface area contributed by atoms with Crippen LogP contribution in [0, 0.1) is 0 Å². The normalized spacial score (nSPS) is 22.1. The summed E-state index contributed by atoms with van der Waals surface area (Å²) in [6.07, 6.45) is 3.62. The van der Waals surface area contributed by atoms with Gasteiger partial charge in [0.25, 0.3) is 11.8 Å². The van der Waals surface area contributed by atoms with Gasteiger partial charge in [-0.1, -0.05) is 11.3 Å². The fraction of sp³-hybridized carbons (Fsp3) is 0.375. The number of hydrogen-bond donors (Lipinski definition) is 1. The van der Waals surface area contributed by atoms with Crippen LogP contribution in [0.3, 0.4) is 0 Å². The summed E-state index contributed by atoms with van der Waals surface area (Å²) in [4.78, 5) is 66.9. The zero-order chi connectivity index (χ0) is 25.6. The van der Waals surface area contributed by atoms with Crippen molar-refractivity contribution >= 4 is 29.5 Å². The zero-order valence-corrected chi connectivity index (χ0v) is 19.7. The van der Waals surface area contributed by atoms with Gasteiger partial charge in [-0.05, 0) is 37.1 Å². The molecule has 1 N–H and O–H groups in total. The van der Waals surface area contributed by atoms with E-state index >= 15 is 0 Å². The number of aromatic nitrogens is 3. The quantitative estimate of drug-likeness (QED) is 0.455. The van der Waals surface area contributed by atoms with E-state index in [1.807, 2.05) is 0 Å². The number of benzene rings is 1. The fourth-order valence-electron chi connectivity index (χ4n) is 4.88. The first-order valence-electron chi connectivity index (χ1n) is 11.7. The molecule has 1 aromatic carbocycles. The predicted octanol–water partition coefficient (Wildman–Crippen LogP) is -0.113. The number of fused-ring (bicyclic) bond motifs is 1. The van der Waals surface area contributed by atoms with Crippen LogP contribution in [0.5, 0.6) is 0 Å². The van der Waals surface area contributed by atoms with Gasteiger partial charge in [0.1, 0.15) is 12.1 Å². The van der Waals surface area contributed by atoms with Gasteiger partial charge in [-0.25, -0.2) is 4.68 Å². The number of nitrogens with one attached hydrogen (secondary N) is 1. The van der Waals surface area contributed by atoms with Crippen LogP contribution in [0.1, 0.15) is 46.2 Å². The van der Waals surface area contributed by atoms with Gasteiger partial charge in [0.05, 0.1) is 11.9 Å². The van der Waals surface area contributed by atoms with Crippen LogP contribution in [0.2, 0.25) is 0 Å². The number of imide groups is 1. The number of carbonyl (C=O) groups excluding carboxylic acids is 5. The molecule has 4 heterocycles. The molecule has 186 valence electrons. The third kappa shape index (κ3) is 3.93. The van der Waals surface area contributed by atoms with Crippen molar-refractivity contribution in [3.05, 3.63) is 53.9 Å². The Hall–Kier alpha value is -4.35. The molecule has 0 spiro atoms. The van der Waals surface area contributed by atoms with Gasteiger partial charge >= 0.3 is 0 Å². The number of piperazine rings is 1. The molecule has 12 heteroatoms. The standard InChI is InChI=1S/C24H25N7O5/c1-3-8-28-9-10-29(14(2)22(28)34)24(36)18-13-31(27-26-18)16-4-5-17-15(11-16)12-30(23(17)35)19-6-7-20(32)25-21(19)33/h3-5,11,13-14,19H,1,6-10,12H2,2H3,(H,25,32,33). The third-order valence-corrected chi connectivity index (χ3v) is 6.84. The minimum absolute atomic E-state index is 0.105. The van der Waals surface area contributed by atoms with Crippen LogP contribution in [0.25, 0.3) is 5.69 Å². The van der Waals surface area contributed by atoms with E-state index in [0.717, 1.165) is 0 Å². The first-order chi connectivity index (χ1) is 17.3. The van der Waals surface area contributed by atoms with Crippen LogP contribution < -0.4 is 5.32 Å². The summed E-state index contributed by atoms with van der Waals surface area (Å²) < 4.78 is 1.44. The molecule has 0 bridgehead atoms. The number of amides is 5. The van der Waals surface area contributed by atoms with Crippen molar-refractivity contribution in [2.45, 2.75) is 38.4 Å². The molecule has 3 aliphatic heterocycles. The molecule has 2 unspecified atom stereocenters. The second-order valence-electron chi connectivity index (χ2n) is 9.04. The summed E-state index contributed by atoms with van der Waals surface area (Å²) in [6, 6.07) is 3.79. The van der Waals surface area contributed by atoms with E-state index in [4.69, 9.17) is 0 Å². The largest absolute Gasteiger partial charge is 0.335 e. The van der Waals surface area contributed by atoms with Crippen molar-refractivity contribution in [1.82, 2.24) is 35.0 Å². The van der Waals surface area contributed by atoms with Gasteiger partial charge in [0.2, 0.25) is 17.7 Å². The van der Waals surface area contributed by atoms with Crippen LogP contribution in [-0.2, 0) is 20.9 Å². The van der Waals surface area contributed by atoms with Crippen molar-refractivity contribution in [3.63, 3.8) is 0 Å². The Morgan fingerprint density at radius 1 is 1.22 bits per heavy atom. The molecule has 0 saturated carbocycles. The van der Waals surface area contributed by atoms with Gasteiger partial charge in [0.15, 0.2) is 5.69 Å². The average Bonchev–Trinajstić information content (AvgIpc) is 3.47. The van der Waals surface area contributed by atoms with E-state index in [1.165, 1.54) is 20.7 Å². The number of rotatable bonds is 5. The summed E-state index contributed by atoms with van der Waals surface area (Å²) >= 11 is 0. The van der Waals surface area contributed by atoms with Crippen molar-refractivity contribution < 1.29 is 24.0 Å². The average molecular weight is 492 g/mol. The Kier molecular flexibility index (Phi) is 5.86. The minimum Gasteiger partial charge on any atom is -0.335 e. The van der Waals surface area contributed by atoms with E-state index in [0.29, 0.717) is 36.4 Å². The molecule has 5 amide bonds. The van der Waals surface area contributed by atoms with E-state index in [-0.39, 0.29) is 48.7 Å². The van der Waals surface area contributed by atoms with Gasteiger partial charge in [-0.2, -0.15) is 0 Å². The molecule has 2 fully saturated rings. The Labute approximate surface area is 206 Å². The van der Waals surface area contributed by atoms with E-state index in [9.17, 15) is 24.0 Å².